The van der Waals surface area contributed by atoms with Crippen LogP contribution in [0, 0.1) is 0 Å². The maximum absolute atomic E-state index is 2.47. The highest BCUT2D eigenvalue weighted by atomic mass is 32.1. The lowest BCUT2D eigenvalue weighted by atomic mass is 9.86. The molecule has 262 valence electrons. The molecule has 1 aliphatic carbocycles. The van der Waals surface area contributed by atoms with E-state index in [2.05, 4.69) is 182 Å². The molecule has 0 fully saturated rings. The number of fused-ring (bicyclic) bond motifs is 12. The van der Waals surface area contributed by atoms with Crippen molar-refractivity contribution in [3.05, 3.63) is 188 Å². The van der Waals surface area contributed by atoms with Gasteiger partial charge in [0.1, 0.15) is 0 Å². The van der Waals surface area contributed by atoms with E-state index >= 15 is 0 Å². The van der Waals surface area contributed by atoms with E-state index in [-0.39, 0.29) is 0 Å². The summed E-state index contributed by atoms with van der Waals surface area (Å²) in [6.45, 7) is 0. The van der Waals surface area contributed by atoms with Gasteiger partial charge in [-0.3, -0.25) is 0 Å². The van der Waals surface area contributed by atoms with Crippen LogP contribution in [-0.2, 0) is 0 Å². The zero-order valence-electron chi connectivity index (χ0n) is 30.6. The van der Waals surface area contributed by atoms with Crippen molar-refractivity contribution in [2.75, 3.05) is 0 Å². The first-order chi connectivity index (χ1) is 27.8. The Balaban J connectivity index is 1.11. The van der Waals surface area contributed by atoms with Crippen LogP contribution in [0.5, 0.6) is 0 Å². The van der Waals surface area contributed by atoms with Crippen molar-refractivity contribution in [1.82, 2.24) is 0 Å². The molecular weight excluding hydrogens is 713 g/mol. The minimum absolute atomic E-state index is 1.07. The number of rotatable bonds is 4. The minimum atomic E-state index is 1.07. The number of allylic oxidation sites excluding steroid dienone is 4. The molecule has 9 aromatic carbocycles. The molecule has 2 heterocycles. The number of hydrogen-bond acceptors (Lipinski definition) is 2. The third-order valence-corrected chi connectivity index (χ3v) is 14.4. The molecule has 0 saturated heterocycles. The fraction of sp³-hybridized carbons (Fsp3) is 0.0370. The Morgan fingerprint density at radius 2 is 0.911 bits per heavy atom. The molecule has 11 aromatic rings. The molecule has 56 heavy (non-hydrogen) atoms. The van der Waals surface area contributed by atoms with E-state index in [1.807, 2.05) is 22.7 Å². The second kappa shape index (κ2) is 12.6. The monoisotopic (exact) mass is 746 g/mol. The average molecular weight is 747 g/mol. The van der Waals surface area contributed by atoms with E-state index in [0.29, 0.717) is 0 Å². The number of hydrogen-bond donors (Lipinski definition) is 0. The molecule has 2 aromatic heterocycles. The SMILES string of the molecule is C1=CCCC(c2ccc3ccccc3c2-c2ccc3c(c2)sc2c4sc5cc(-c6c(-c7ccccc7)ccc7ccccc67)ccc5c4c4ccccc4c32)=C1. The molecule has 12 rings (SSSR count). The molecule has 0 amide bonds. The quantitative estimate of drug-likeness (QED) is 0.168. The van der Waals surface area contributed by atoms with Crippen molar-refractivity contribution in [2.45, 2.75) is 12.8 Å². The van der Waals surface area contributed by atoms with E-state index in [4.69, 9.17) is 0 Å². The van der Waals surface area contributed by atoms with Crippen LogP contribution in [0.4, 0.5) is 0 Å². The van der Waals surface area contributed by atoms with Crippen LogP contribution >= 0.6 is 22.7 Å². The maximum atomic E-state index is 2.47. The van der Waals surface area contributed by atoms with Crippen LogP contribution in [-0.4, -0.2) is 0 Å². The molecule has 0 saturated carbocycles. The van der Waals surface area contributed by atoms with E-state index < -0.39 is 0 Å². The largest absolute Gasteiger partial charge is 0.134 e. The summed E-state index contributed by atoms with van der Waals surface area (Å²) in [6, 6.07) is 61.3. The van der Waals surface area contributed by atoms with Crippen LogP contribution in [0.2, 0.25) is 0 Å². The summed E-state index contributed by atoms with van der Waals surface area (Å²) < 4.78 is 5.45. The fourth-order valence-corrected chi connectivity index (χ4v) is 12.1. The van der Waals surface area contributed by atoms with Crippen molar-refractivity contribution in [1.29, 1.82) is 0 Å². The highest BCUT2D eigenvalue weighted by Gasteiger charge is 2.21. The van der Waals surface area contributed by atoms with Crippen molar-refractivity contribution in [3.63, 3.8) is 0 Å². The van der Waals surface area contributed by atoms with E-state index in [1.54, 1.807) is 0 Å². The highest BCUT2D eigenvalue weighted by Crippen LogP contribution is 2.51. The molecule has 0 aliphatic heterocycles. The highest BCUT2D eigenvalue weighted by molar-refractivity contribution is 7.33. The van der Waals surface area contributed by atoms with E-state index in [0.717, 1.165) is 12.8 Å². The molecule has 0 bridgehead atoms. The summed E-state index contributed by atoms with van der Waals surface area (Å²) in [5.41, 5.74) is 10.5. The molecule has 0 N–H and O–H groups in total. The Bertz CT molecular complexity index is 3460. The van der Waals surface area contributed by atoms with Gasteiger partial charge in [-0.1, -0.05) is 170 Å². The molecule has 0 nitrogen and oxygen atoms in total. The van der Waals surface area contributed by atoms with Gasteiger partial charge in [-0.2, -0.15) is 0 Å². The molecule has 1 aliphatic rings. The first-order valence-electron chi connectivity index (χ1n) is 19.5. The Morgan fingerprint density at radius 1 is 0.393 bits per heavy atom. The van der Waals surface area contributed by atoms with Crippen LogP contribution in [0.1, 0.15) is 18.4 Å². The second-order valence-electron chi connectivity index (χ2n) is 15.0. The third kappa shape index (κ3) is 4.83. The summed E-state index contributed by atoms with van der Waals surface area (Å²) in [6.07, 6.45) is 8.97. The standard InChI is InChI=1S/C54H34S2/c1-3-13-33(14-4-1)41-27-23-35-17-7-9-19-39(35)49(41)37-25-29-45-47(31-37)55-53-51(45)43-21-11-12-22-44(43)52-46-30-26-38(32-48(46)56-54(52)53)50-40-20-10-8-18-36(40)24-28-42(50)34-15-5-2-6-16-34/h1-5,7-15,17-32H,6,16H2. The van der Waals surface area contributed by atoms with Gasteiger partial charge in [0.05, 0.1) is 9.40 Å². The third-order valence-electron chi connectivity index (χ3n) is 11.9. The summed E-state index contributed by atoms with van der Waals surface area (Å²) in [5.74, 6) is 0. The van der Waals surface area contributed by atoms with Crippen molar-refractivity contribution >= 4 is 101 Å². The maximum Gasteiger partial charge on any atom is 0.0540 e. The van der Waals surface area contributed by atoms with E-state index in [9.17, 15) is 0 Å². The lowest BCUT2D eigenvalue weighted by Crippen LogP contribution is -1.94. The zero-order chi connectivity index (χ0) is 36.7. The van der Waals surface area contributed by atoms with Crippen LogP contribution < -0.4 is 0 Å². The lowest BCUT2D eigenvalue weighted by molar-refractivity contribution is 1.05. The Hall–Kier alpha value is -6.32. The first kappa shape index (κ1) is 32.0. The van der Waals surface area contributed by atoms with Crippen LogP contribution in [0.15, 0.2) is 182 Å². The van der Waals surface area contributed by atoms with Gasteiger partial charge in [-0.25, -0.2) is 0 Å². The molecule has 2 heteroatoms. The number of thiophene rings is 2. The van der Waals surface area contributed by atoms with Gasteiger partial charge in [0, 0.05) is 30.9 Å². The van der Waals surface area contributed by atoms with Gasteiger partial charge in [0.25, 0.3) is 0 Å². The topological polar surface area (TPSA) is 0 Å². The summed E-state index contributed by atoms with van der Waals surface area (Å²) in [5, 5.41) is 13.3. The number of benzene rings is 9. The molecule has 0 spiro atoms. The Labute approximate surface area is 332 Å². The Morgan fingerprint density at radius 3 is 1.48 bits per heavy atom. The van der Waals surface area contributed by atoms with Gasteiger partial charge in [-0.05, 0) is 102 Å². The van der Waals surface area contributed by atoms with Gasteiger partial charge >= 0.3 is 0 Å². The smallest absolute Gasteiger partial charge is 0.0540 e. The predicted molar refractivity (Wildman–Crippen MR) is 247 cm³/mol. The van der Waals surface area contributed by atoms with Gasteiger partial charge in [-0.15, -0.1) is 22.7 Å². The van der Waals surface area contributed by atoms with Gasteiger partial charge in [0.15, 0.2) is 0 Å². The molecule has 0 atom stereocenters. The van der Waals surface area contributed by atoms with Crippen LogP contribution in [0.3, 0.4) is 0 Å². The lowest BCUT2D eigenvalue weighted by Gasteiger charge is -2.17. The molecule has 0 unspecified atom stereocenters. The van der Waals surface area contributed by atoms with Gasteiger partial charge in [0.2, 0.25) is 0 Å². The summed E-state index contributed by atoms with van der Waals surface area (Å²) in [4.78, 5) is 0. The van der Waals surface area contributed by atoms with Crippen LogP contribution in [0.25, 0.3) is 112 Å². The summed E-state index contributed by atoms with van der Waals surface area (Å²) >= 11 is 3.92. The van der Waals surface area contributed by atoms with Gasteiger partial charge < -0.3 is 0 Å². The Kier molecular flexibility index (Phi) is 7.20. The van der Waals surface area contributed by atoms with Crippen molar-refractivity contribution in [3.8, 4) is 33.4 Å². The average Bonchev–Trinajstić information content (AvgIpc) is 3.85. The second-order valence-corrected chi connectivity index (χ2v) is 17.1. The van der Waals surface area contributed by atoms with E-state index in [1.165, 1.54) is 117 Å². The zero-order valence-corrected chi connectivity index (χ0v) is 32.2. The first-order valence-corrected chi connectivity index (χ1v) is 21.1. The summed E-state index contributed by atoms with van der Waals surface area (Å²) in [7, 11) is 0. The minimum Gasteiger partial charge on any atom is -0.134 e. The molecule has 0 radical (unpaired) electrons. The van der Waals surface area contributed by atoms with Crippen molar-refractivity contribution < 1.29 is 0 Å². The fourth-order valence-electron chi connectivity index (χ4n) is 9.40. The van der Waals surface area contributed by atoms with Crippen molar-refractivity contribution in [2.24, 2.45) is 0 Å². The predicted octanol–water partition coefficient (Wildman–Crippen LogP) is 16.6. The molecular formula is C54H34S2. The normalized spacial score (nSPS) is 13.2.